The van der Waals surface area contributed by atoms with E-state index in [0.717, 1.165) is 25.8 Å². The van der Waals surface area contributed by atoms with Gasteiger partial charge in [-0.2, -0.15) is 5.10 Å². The molecule has 1 aromatic heterocycles. The van der Waals surface area contributed by atoms with Crippen LogP contribution in [0.1, 0.15) is 44.9 Å². The molecule has 0 aromatic carbocycles. The molecule has 1 aromatic rings. The van der Waals surface area contributed by atoms with Crippen molar-refractivity contribution in [2.75, 3.05) is 14.2 Å². The van der Waals surface area contributed by atoms with Gasteiger partial charge in [-0.15, -0.1) is 0 Å². The predicted molar refractivity (Wildman–Crippen MR) is 69.7 cm³/mol. The number of aliphatic hydroxyl groups is 1. The van der Waals surface area contributed by atoms with Gasteiger partial charge in [0.05, 0.1) is 19.4 Å². The molecule has 1 heterocycles. The molecule has 0 radical (unpaired) electrons. The zero-order valence-electron chi connectivity index (χ0n) is 11.7. The van der Waals surface area contributed by atoms with Crippen LogP contribution in [0.15, 0.2) is 6.20 Å². The van der Waals surface area contributed by atoms with E-state index in [1.165, 1.54) is 0 Å². The van der Waals surface area contributed by atoms with Gasteiger partial charge in [0.15, 0.2) is 5.75 Å². The maximum atomic E-state index is 10.5. The number of methoxy groups -OCH3 is 2. The summed E-state index contributed by atoms with van der Waals surface area (Å²) in [5.74, 6) is 0.620. The molecule has 1 rings (SSSR count). The zero-order valence-corrected chi connectivity index (χ0v) is 11.7. The molecule has 5 heteroatoms. The van der Waals surface area contributed by atoms with Crippen molar-refractivity contribution < 1.29 is 14.6 Å². The molecule has 0 aliphatic carbocycles. The van der Waals surface area contributed by atoms with E-state index in [-0.39, 0.29) is 6.10 Å². The van der Waals surface area contributed by atoms with E-state index in [9.17, 15) is 5.11 Å². The Morgan fingerprint density at radius 1 is 1.33 bits per heavy atom. The lowest BCUT2D eigenvalue weighted by Crippen LogP contribution is -2.24. The van der Waals surface area contributed by atoms with Crippen LogP contribution < -0.4 is 4.74 Å². The molecule has 18 heavy (non-hydrogen) atoms. The van der Waals surface area contributed by atoms with Gasteiger partial charge in [-0.05, 0) is 12.8 Å². The number of hydrogen-bond donors (Lipinski definition) is 1. The quantitative estimate of drug-likeness (QED) is 0.774. The van der Waals surface area contributed by atoms with Gasteiger partial charge in [0.1, 0.15) is 11.8 Å². The van der Waals surface area contributed by atoms with E-state index in [4.69, 9.17) is 9.47 Å². The lowest BCUT2D eigenvalue weighted by Gasteiger charge is -2.22. The smallest absolute Gasteiger partial charge is 0.162 e. The van der Waals surface area contributed by atoms with Gasteiger partial charge < -0.3 is 14.6 Å². The minimum absolute atomic E-state index is 0.226. The fourth-order valence-corrected chi connectivity index (χ4v) is 2.09. The third kappa shape index (κ3) is 3.23. The predicted octanol–water partition coefficient (Wildman–Crippen LogP) is 2.15. The maximum Gasteiger partial charge on any atom is 0.162 e. The lowest BCUT2D eigenvalue weighted by molar-refractivity contribution is -0.0231. The van der Waals surface area contributed by atoms with Gasteiger partial charge in [0, 0.05) is 13.7 Å². The molecule has 0 amide bonds. The molecule has 2 atom stereocenters. The van der Waals surface area contributed by atoms with Crippen molar-refractivity contribution >= 4 is 0 Å². The summed E-state index contributed by atoms with van der Waals surface area (Å²) in [5.41, 5.74) is 0.708. The molecule has 0 saturated heterocycles. The normalized spacial score (nSPS) is 14.5. The van der Waals surface area contributed by atoms with Gasteiger partial charge in [-0.1, -0.05) is 20.3 Å². The molecule has 0 bridgehead atoms. The highest BCUT2D eigenvalue weighted by molar-refractivity contribution is 5.28. The first-order valence-corrected chi connectivity index (χ1v) is 6.50. The molecule has 0 fully saturated rings. The summed E-state index contributed by atoms with van der Waals surface area (Å²) in [7, 11) is 3.21. The monoisotopic (exact) mass is 256 g/mol. The van der Waals surface area contributed by atoms with Gasteiger partial charge >= 0.3 is 0 Å². The van der Waals surface area contributed by atoms with Crippen molar-refractivity contribution in [1.82, 2.24) is 9.78 Å². The first-order chi connectivity index (χ1) is 8.69. The molecule has 0 spiro atoms. The minimum Gasteiger partial charge on any atom is -0.493 e. The number of rotatable bonds is 8. The molecular weight excluding hydrogens is 232 g/mol. The Hall–Kier alpha value is -1.07. The highest BCUT2D eigenvalue weighted by Crippen LogP contribution is 2.30. The Balaban J connectivity index is 3.00. The Morgan fingerprint density at radius 2 is 2.06 bits per heavy atom. The summed E-state index contributed by atoms with van der Waals surface area (Å²) < 4.78 is 12.4. The zero-order chi connectivity index (χ0) is 13.5. The standard InChI is InChI=1S/C13H24N2O3/c1-5-7-10(17-3)13(16)12-11(18-4)9-14-15(12)8-6-2/h9-10,13,16H,5-8H2,1-4H3. The lowest BCUT2D eigenvalue weighted by atomic mass is 10.1. The van der Waals surface area contributed by atoms with Crippen LogP contribution in [0.25, 0.3) is 0 Å². The number of nitrogens with zero attached hydrogens (tertiary/aromatic N) is 2. The van der Waals surface area contributed by atoms with E-state index >= 15 is 0 Å². The Labute approximate surface area is 109 Å². The summed E-state index contributed by atoms with van der Waals surface area (Å²) in [6.45, 7) is 4.90. The van der Waals surface area contributed by atoms with Crippen molar-refractivity contribution in [3.8, 4) is 5.75 Å². The molecule has 1 N–H and O–H groups in total. The third-order valence-electron chi connectivity index (χ3n) is 3.01. The van der Waals surface area contributed by atoms with E-state index in [1.807, 2.05) is 0 Å². The van der Waals surface area contributed by atoms with Crippen LogP contribution in [0.2, 0.25) is 0 Å². The van der Waals surface area contributed by atoms with Gasteiger partial charge in [0.2, 0.25) is 0 Å². The number of hydrogen-bond acceptors (Lipinski definition) is 4. The van der Waals surface area contributed by atoms with Crippen LogP contribution in [-0.2, 0) is 11.3 Å². The minimum atomic E-state index is -0.709. The van der Waals surface area contributed by atoms with Crippen molar-refractivity contribution in [2.45, 2.75) is 51.9 Å². The van der Waals surface area contributed by atoms with E-state index < -0.39 is 6.10 Å². The fourth-order valence-electron chi connectivity index (χ4n) is 2.09. The fraction of sp³-hybridized carbons (Fsp3) is 0.769. The highest BCUT2D eigenvalue weighted by atomic mass is 16.5. The number of aromatic nitrogens is 2. The first kappa shape index (κ1) is 15.0. The summed E-state index contributed by atoms with van der Waals surface area (Å²) >= 11 is 0. The number of ether oxygens (including phenoxy) is 2. The first-order valence-electron chi connectivity index (χ1n) is 6.50. The van der Waals surface area contributed by atoms with Gasteiger partial charge in [-0.3, -0.25) is 4.68 Å². The molecule has 0 aliphatic rings. The molecule has 5 nitrogen and oxygen atoms in total. The Bertz CT molecular complexity index is 352. The van der Waals surface area contributed by atoms with E-state index in [1.54, 1.807) is 25.1 Å². The van der Waals surface area contributed by atoms with Crippen LogP contribution in [0.4, 0.5) is 0 Å². The van der Waals surface area contributed by atoms with Gasteiger partial charge in [0.25, 0.3) is 0 Å². The molecule has 104 valence electrons. The summed E-state index contributed by atoms with van der Waals surface area (Å²) in [4.78, 5) is 0. The topological polar surface area (TPSA) is 56.5 Å². The van der Waals surface area contributed by atoms with Crippen LogP contribution in [0, 0.1) is 0 Å². The second-order valence-corrected chi connectivity index (χ2v) is 4.33. The highest BCUT2D eigenvalue weighted by Gasteiger charge is 2.27. The van der Waals surface area contributed by atoms with Crippen LogP contribution in [0.5, 0.6) is 5.75 Å². The molecule has 0 aliphatic heterocycles. The van der Waals surface area contributed by atoms with Crippen molar-refractivity contribution in [2.24, 2.45) is 0 Å². The number of aliphatic hydroxyl groups excluding tert-OH is 1. The van der Waals surface area contributed by atoms with Crippen molar-refractivity contribution in [3.63, 3.8) is 0 Å². The van der Waals surface area contributed by atoms with Gasteiger partial charge in [-0.25, -0.2) is 0 Å². The maximum absolute atomic E-state index is 10.5. The molecule has 2 unspecified atom stereocenters. The summed E-state index contributed by atoms with van der Waals surface area (Å²) in [5, 5.41) is 14.7. The SMILES string of the molecule is CCCC(OC)C(O)c1c(OC)cnn1CCC. The summed E-state index contributed by atoms with van der Waals surface area (Å²) in [6, 6.07) is 0. The van der Waals surface area contributed by atoms with Crippen molar-refractivity contribution in [1.29, 1.82) is 0 Å². The van der Waals surface area contributed by atoms with Crippen molar-refractivity contribution in [3.05, 3.63) is 11.9 Å². The van der Waals surface area contributed by atoms with Crippen LogP contribution in [0.3, 0.4) is 0 Å². The molecule has 0 saturated carbocycles. The van der Waals surface area contributed by atoms with Crippen LogP contribution in [-0.4, -0.2) is 35.2 Å². The van der Waals surface area contributed by atoms with E-state index in [2.05, 4.69) is 18.9 Å². The van der Waals surface area contributed by atoms with E-state index in [0.29, 0.717) is 11.4 Å². The molecular formula is C13H24N2O3. The second-order valence-electron chi connectivity index (χ2n) is 4.33. The Morgan fingerprint density at radius 3 is 2.56 bits per heavy atom. The Kier molecular flexibility index (Phi) is 6.15. The third-order valence-corrected chi connectivity index (χ3v) is 3.01. The summed E-state index contributed by atoms with van der Waals surface area (Å²) in [6.07, 6.45) is 3.43. The average molecular weight is 256 g/mol. The number of aryl methyl sites for hydroxylation is 1. The average Bonchev–Trinajstić information content (AvgIpc) is 2.78. The van der Waals surface area contributed by atoms with Crippen LogP contribution >= 0.6 is 0 Å². The largest absolute Gasteiger partial charge is 0.493 e. The second kappa shape index (κ2) is 7.38.